The van der Waals surface area contributed by atoms with Crippen molar-refractivity contribution in [1.29, 1.82) is 0 Å². The van der Waals surface area contributed by atoms with Crippen molar-refractivity contribution in [3.8, 4) is 11.3 Å². The van der Waals surface area contributed by atoms with E-state index in [9.17, 15) is 9.59 Å². The Bertz CT molecular complexity index is 1190. The summed E-state index contributed by atoms with van der Waals surface area (Å²) in [5.74, 6) is -1.000. The lowest BCUT2D eigenvalue weighted by atomic mass is 10.1. The summed E-state index contributed by atoms with van der Waals surface area (Å²) in [6, 6.07) is 13.4. The van der Waals surface area contributed by atoms with E-state index in [2.05, 4.69) is 15.1 Å². The molecule has 0 spiro atoms. The van der Waals surface area contributed by atoms with Gasteiger partial charge in [0.1, 0.15) is 11.2 Å². The van der Waals surface area contributed by atoms with Crippen LogP contribution in [0.3, 0.4) is 0 Å². The molecule has 0 saturated carbocycles. The number of aromatic nitrogens is 4. The summed E-state index contributed by atoms with van der Waals surface area (Å²) in [6.45, 7) is 0.298. The summed E-state index contributed by atoms with van der Waals surface area (Å²) in [5, 5.41) is 14.1. The van der Waals surface area contributed by atoms with Gasteiger partial charge < -0.3 is 5.11 Å². The molecule has 27 heavy (non-hydrogen) atoms. The number of hydrogen-bond donors (Lipinski definition) is 1. The number of nitrogens with zero attached hydrogens (tertiary/aromatic N) is 4. The number of carboxylic acid groups (broad SMARTS) is 1. The number of hydrogen-bond acceptors (Lipinski definition) is 5. The minimum absolute atomic E-state index is 0.182. The van der Waals surface area contributed by atoms with Crippen LogP contribution in [-0.4, -0.2) is 30.8 Å². The number of aromatic carboxylic acids is 1. The van der Waals surface area contributed by atoms with E-state index in [1.807, 2.05) is 12.1 Å². The highest BCUT2D eigenvalue weighted by atomic mass is 16.4. The molecule has 1 N–H and O–H groups in total. The van der Waals surface area contributed by atoms with Crippen molar-refractivity contribution < 1.29 is 9.90 Å². The van der Waals surface area contributed by atoms with Crippen molar-refractivity contribution in [3.63, 3.8) is 0 Å². The molecule has 3 aromatic heterocycles. The largest absolute Gasteiger partial charge is 0.478 e. The molecule has 0 unspecified atom stereocenters. The maximum absolute atomic E-state index is 12.8. The van der Waals surface area contributed by atoms with Crippen LogP contribution in [0.1, 0.15) is 15.9 Å². The highest BCUT2D eigenvalue weighted by Crippen LogP contribution is 2.23. The van der Waals surface area contributed by atoms with E-state index in [4.69, 9.17) is 5.11 Å². The third kappa shape index (κ3) is 3.18. The van der Waals surface area contributed by atoms with Crippen LogP contribution >= 0.6 is 0 Å². The molecular weight excluding hydrogens is 344 g/mol. The molecule has 3 heterocycles. The molecule has 0 aliphatic heterocycles. The molecule has 0 amide bonds. The summed E-state index contributed by atoms with van der Waals surface area (Å²) < 4.78 is 1.39. The Morgan fingerprint density at radius 1 is 1.00 bits per heavy atom. The zero-order valence-corrected chi connectivity index (χ0v) is 14.1. The number of pyridine rings is 2. The van der Waals surface area contributed by atoms with Crippen molar-refractivity contribution in [3.05, 3.63) is 88.6 Å². The van der Waals surface area contributed by atoms with E-state index in [0.717, 1.165) is 5.56 Å². The molecule has 4 rings (SSSR count). The zero-order valence-electron chi connectivity index (χ0n) is 14.1. The van der Waals surface area contributed by atoms with Gasteiger partial charge in [0.2, 0.25) is 0 Å². The minimum Gasteiger partial charge on any atom is -0.478 e. The monoisotopic (exact) mass is 358 g/mol. The van der Waals surface area contributed by atoms with Crippen LogP contribution in [-0.2, 0) is 6.54 Å². The van der Waals surface area contributed by atoms with E-state index in [-0.39, 0.29) is 11.1 Å². The van der Waals surface area contributed by atoms with Crippen molar-refractivity contribution in [2.24, 2.45) is 0 Å². The summed E-state index contributed by atoms with van der Waals surface area (Å²) in [5.41, 5.74) is 2.54. The van der Waals surface area contributed by atoms with Gasteiger partial charge in [0.05, 0.1) is 17.5 Å². The third-order valence-corrected chi connectivity index (χ3v) is 4.20. The smallest absolute Gasteiger partial charge is 0.335 e. The molecule has 7 nitrogen and oxygen atoms in total. The van der Waals surface area contributed by atoms with Crippen molar-refractivity contribution in [1.82, 2.24) is 19.7 Å². The van der Waals surface area contributed by atoms with Gasteiger partial charge in [-0.15, -0.1) is 0 Å². The number of carbonyl (C=O) groups is 1. The molecule has 0 bridgehead atoms. The SMILES string of the molecule is O=C(O)c1ccc(-c2nn(Cc3ccncc3)c(=O)c3cccnc23)cc1. The minimum atomic E-state index is -1.000. The van der Waals surface area contributed by atoms with E-state index < -0.39 is 5.97 Å². The summed E-state index contributed by atoms with van der Waals surface area (Å²) >= 11 is 0. The number of rotatable bonds is 4. The Morgan fingerprint density at radius 2 is 1.74 bits per heavy atom. The van der Waals surface area contributed by atoms with Crippen LogP contribution in [0, 0.1) is 0 Å². The zero-order chi connectivity index (χ0) is 18.8. The summed E-state index contributed by atoms with van der Waals surface area (Å²) in [6.07, 6.45) is 4.93. The van der Waals surface area contributed by atoms with Crippen LogP contribution in [0.5, 0.6) is 0 Å². The van der Waals surface area contributed by atoms with Gasteiger partial charge in [-0.3, -0.25) is 14.8 Å². The van der Waals surface area contributed by atoms with Gasteiger partial charge in [-0.25, -0.2) is 9.48 Å². The lowest BCUT2D eigenvalue weighted by molar-refractivity contribution is 0.0697. The van der Waals surface area contributed by atoms with Gasteiger partial charge in [0.25, 0.3) is 5.56 Å². The Morgan fingerprint density at radius 3 is 2.44 bits per heavy atom. The summed E-state index contributed by atoms with van der Waals surface area (Å²) in [4.78, 5) is 32.2. The van der Waals surface area contributed by atoms with Gasteiger partial charge in [-0.2, -0.15) is 5.10 Å². The predicted molar refractivity (Wildman–Crippen MR) is 99.5 cm³/mol. The second kappa shape index (κ2) is 6.80. The molecule has 0 saturated heterocycles. The Labute approximate surface area is 153 Å². The van der Waals surface area contributed by atoms with E-state index in [1.54, 1.807) is 42.9 Å². The fourth-order valence-electron chi connectivity index (χ4n) is 2.85. The first-order valence-electron chi connectivity index (χ1n) is 8.22. The lowest BCUT2D eigenvalue weighted by Gasteiger charge is -2.11. The van der Waals surface area contributed by atoms with Crippen LogP contribution in [0.2, 0.25) is 0 Å². The predicted octanol–water partition coefficient (Wildman–Crippen LogP) is 2.60. The fraction of sp³-hybridized carbons (Fsp3) is 0.0500. The number of fused-ring (bicyclic) bond motifs is 1. The van der Waals surface area contributed by atoms with Crippen LogP contribution in [0.4, 0.5) is 0 Å². The van der Waals surface area contributed by atoms with Crippen molar-refractivity contribution in [2.45, 2.75) is 6.54 Å². The molecule has 0 fully saturated rings. The quantitative estimate of drug-likeness (QED) is 0.602. The Hall–Kier alpha value is -3.87. The maximum atomic E-state index is 12.8. The topological polar surface area (TPSA) is 98.0 Å². The van der Waals surface area contributed by atoms with Gasteiger partial charge in [-0.05, 0) is 42.0 Å². The number of benzene rings is 1. The number of carboxylic acids is 1. The first-order valence-corrected chi connectivity index (χ1v) is 8.22. The van der Waals surface area contributed by atoms with Gasteiger partial charge >= 0.3 is 5.97 Å². The first kappa shape index (κ1) is 16.6. The Balaban J connectivity index is 1.90. The second-order valence-corrected chi connectivity index (χ2v) is 5.95. The third-order valence-electron chi connectivity index (χ3n) is 4.20. The molecule has 132 valence electrons. The van der Waals surface area contributed by atoms with Crippen molar-refractivity contribution >= 4 is 16.9 Å². The van der Waals surface area contributed by atoms with Crippen molar-refractivity contribution in [2.75, 3.05) is 0 Å². The fourth-order valence-corrected chi connectivity index (χ4v) is 2.85. The van der Waals surface area contributed by atoms with Crippen LogP contribution < -0.4 is 5.56 Å². The average Bonchev–Trinajstić information content (AvgIpc) is 2.71. The molecule has 0 aliphatic carbocycles. The summed E-state index contributed by atoms with van der Waals surface area (Å²) in [7, 11) is 0. The highest BCUT2D eigenvalue weighted by Gasteiger charge is 2.14. The second-order valence-electron chi connectivity index (χ2n) is 5.95. The molecule has 0 radical (unpaired) electrons. The van der Waals surface area contributed by atoms with E-state index in [1.165, 1.54) is 16.8 Å². The average molecular weight is 358 g/mol. The lowest BCUT2D eigenvalue weighted by Crippen LogP contribution is -2.24. The van der Waals surface area contributed by atoms with E-state index >= 15 is 0 Å². The van der Waals surface area contributed by atoms with Gasteiger partial charge in [0, 0.05) is 24.2 Å². The maximum Gasteiger partial charge on any atom is 0.335 e. The molecule has 1 aromatic carbocycles. The van der Waals surface area contributed by atoms with Gasteiger partial charge in [-0.1, -0.05) is 12.1 Å². The molecule has 4 aromatic rings. The molecule has 0 atom stereocenters. The normalized spacial score (nSPS) is 10.8. The molecular formula is C20H14N4O3. The molecule has 0 aliphatic rings. The van der Waals surface area contributed by atoms with Crippen LogP contribution in [0.25, 0.3) is 22.2 Å². The standard InChI is InChI=1S/C20H14N4O3/c25-19-16-2-1-9-22-18(16)17(14-3-5-15(6-4-14)20(26)27)23-24(19)12-13-7-10-21-11-8-13/h1-11H,12H2,(H,26,27). The van der Waals surface area contributed by atoms with Crippen LogP contribution in [0.15, 0.2) is 71.9 Å². The molecule has 7 heteroatoms. The van der Waals surface area contributed by atoms with E-state index in [0.29, 0.717) is 28.7 Å². The highest BCUT2D eigenvalue weighted by molar-refractivity contribution is 5.92. The Kier molecular flexibility index (Phi) is 4.18. The first-order chi connectivity index (χ1) is 13.1. The van der Waals surface area contributed by atoms with Gasteiger partial charge in [0.15, 0.2) is 0 Å².